The maximum absolute atomic E-state index is 5.73. The first-order valence-electron chi connectivity index (χ1n) is 9.22. The monoisotopic (exact) mass is 432 g/mol. The molecule has 1 aromatic heterocycles. The van der Waals surface area contributed by atoms with Crippen LogP contribution in [0.25, 0.3) is 0 Å². The van der Waals surface area contributed by atoms with Crippen molar-refractivity contribution < 1.29 is 0 Å². The van der Waals surface area contributed by atoms with Gasteiger partial charge in [0.05, 0.1) is 0 Å². The van der Waals surface area contributed by atoms with Crippen molar-refractivity contribution in [3.05, 3.63) is 5.28 Å². The van der Waals surface area contributed by atoms with Gasteiger partial charge in [-0.25, -0.2) is 15.4 Å². The van der Waals surface area contributed by atoms with Crippen molar-refractivity contribution >= 4 is 46.7 Å². The van der Waals surface area contributed by atoms with Gasteiger partial charge in [0.2, 0.25) is 22.5 Å². The second-order valence-corrected chi connectivity index (χ2v) is 7.02. The summed E-state index contributed by atoms with van der Waals surface area (Å²) in [6, 6.07) is 0.595. The lowest BCUT2D eigenvalue weighted by molar-refractivity contribution is 0.188. The fourth-order valence-corrected chi connectivity index (χ4v) is 2.30. The maximum Gasteiger partial charge on any atom is 0.228 e. The van der Waals surface area contributed by atoms with Gasteiger partial charge in [0.15, 0.2) is 6.29 Å². The highest BCUT2D eigenvalue weighted by molar-refractivity contribution is 6.65. The van der Waals surface area contributed by atoms with Crippen molar-refractivity contribution in [2.75, 3.05) is 23.7 Å². The molecule has 1 atom stereocenters. The maximum atomic E-state index is 5.73. The molecule has 2 rings (SSSR count). The number of anilines is 2. The molecular formula is C16H30Cl2N10. The van der Waals surface area contributed by atoms with Crippen molar-refractivity contribution in [3.8, 4) is 0 Å². The lowest BCUT2D eigenvalue weighted by Crippen LogP contribution is -2.54. The van der Waals surface area contributed by atoms with Gasteiger partial charge in [-0.1, -0.05) is 6.92 Å². The van der Waals surface area contributed by atoms with E-state index in [9.17, 15) is 0 Å². The Morgan fingerprint density at radius 3 is 2.25 bits per heavy atom. The smallest absolute Gasteiger partial charge is 0.228 e. The van der Waals surface area contributed by atoms with Gasteiger partial charge in [0.1, 0.15) is 6.34 Å². The molecule has 0 amide bonds. The zero-order valence-corrected chi connectivity index (χ0v) is 18.7. The predicted molar refractivity (Wildman–Crippen MR) is 117 cm³/mol. The van der Waals surface area contributed by atoms with Crippen molar-refractivity contribution in [1.29, 1.82) is 0 Å². The summed E-state index contributed by atoms with van der Waals surface area (Å²) in [7, 11) is 0. The van der Waals surface area contributed by atoms with E-state index in [1.54, 1.807) is 11.3 Å². The molecule has 0 fully saturated rings. The van der Waals surface area contributed by atoms with E-state index in [1.165, 1.54) is 0 Å². The van der Waals surface area contributed by atoms with E-state index in [4.69, 9.17) is 23.2 Å². The van der Waals surface area contributed by atoms with E-state index < -0.39 is 0 Å². The summed E-state index contributed by atoms with van der Waals surface area (Å²) in [5.41, 5.74) is 3.19. The summed E-state index contributed by atoms with van der Waals surface area (Å²) in [5.74, 6) is 0.992. The molecule has 12 heteroatoms. The molecule has 1 aliphatic heterocycles. The number of nitrogens with zero attached hydrogens (tertiary/aromatic N) is 6. The zero-order chi connectivity index (χ0) is 21.1. The number of hydrogen-bond donors (Lipinski definition) is 4. The standard InChI is InChI=1S/C8H16ClN5.C8H14ClN5/c1-4-10-8-12-7(9)11-5-14(8)13-6(2)3;1-4-10-7-12-6(9)13-8(14-7)11-5(2)3/h5-6,8,10,13H,4H2,1-3H3;5H,4H2,1-3H3,(H2,10,11,12,13,14). The molecule has 1 aliphatic rings. The van der Waals surface area contributed by atoms with E-state index in [0.29, 0.717) is 17.9 Å². The van der Waals surface area contributed by atoms with Gasteiger partial charge in [-0.2, -0.15) is 15.0 Å². The minimum absolute atomic E-state index is 0.174. The second kappa shape index (κ2) is 12.7. The van der Waals surface area contributed by atoms with Crippen molar-refractivity contribution in [2.24, 2.45) is 9.98 Å². The number of hydrogen-bond acceptors (Lipinski definition) is 10. The fraction of sp³-hybridized carbons (Fsp3) is 0.688. The number of halogens is 2. The van der Waals surface area contributed by atoms with Crippen LogP contribution in [0.15, 0.2) is 9.98 Å². The van der Waals surface area contributed by atoms with Gasteiger partial charge in [-0.15, -0.1) is 0 Å². The van der Waals surface area contributed by atoms with Gasteiger partial charge in [0.25, 0.3) is 0 Å². The SMILES string of the molecule is CCNC1N=C(Cl)N=CN1NC(C)C.CCNc1nc(Cl)nc(NC(C)C)n1. The number of hydrazine groups is 1. The molecule has 0 aliphatic carbocycles. The molecule has 0 saturated heterocycles. The lowest BCUT2D eigenvalue weighted by Gasteiger charge is -2.31. The number of amidine groups is 1. The molecule has 0 saturated carbocycles. The van der Waals surface area contributed by atoms with Crippen LogP contribution in [0, 0.1) is 0 Å². The Morgan fingerprint density at radius 2 is 1.68 bits per heavy atom. The minimum Gasteiger partial charge on any atom is -0.354 e. The fourth-order valence-electron chi connectivity index (χ4n) is 2.01. The van der Waals surface area contributed by atoms with Crippen LogP contribution in [-0.2, 0) is 0 Å². The van der Waals surface area contributed by atoms with E-state index in [1.807, 2.05) is 27.7 Å². The molecule has 0 bridgehead atoms. The molecule has 1 unspecified atom stereocenters. The molecule has 0 spiro atoms. The average molecular weight is 433 g/mol. The lowest BCUT2D eigenvalue weighted by atomic mass is 10.4. The molecule has 4 N–H and O–H groups in total. The Bertz CT molecular complexity index is 650. The van der Waals surface area contributed by atoms with E-state index in [2.05, 4.69) is 60.2 Å². The number of aromatic nitrogens is 3. The molecule has 0 aromatic carbocycles. The Balaban J connectivity index is 0.000000280. The van der Waals surface area contributed by atoms with Crippen LogP contribution < -0.4 is 21.4 Å². The molecular weight excluding hydrogens is 403 g/mol. The highest BCUT2D eigenvalue weighted by atomic mass is 35.5. The highest BCUT2D eigenvalue weighted by Crippen LogP contribution is 2.09. The molecule has 10 nitrogen and oxygen atoms in total. The summed E-state index contributed by atoms with van der Waals surface area (Å²) < 4.78 is 0. The van der Waals surface area contributed by atoms with E-state index in [0.717, 1.165) is 13.1 Å². The first kappa shape index (κ1) is 24.3. The van der Waals surface area contributed by atoms with E-state index in [-0.39, 0.29) is 22.9 Å². The molecule has 2 heterocycles. The third-order valence-corrected chi connectivity index (χ3v) is 3.30. The number of aliphatic imine (C=N–C) groups is 2. The Morgan fingerprint density at radius 1 is 1.00 bits per heavy atom. The van der Waals surface area contributed by atoms with Gasteiger partial charge < -0.3 is 10.6 Å². The molecule has 28 heavy (non-hydrogen) atoms. The largest absolute Gasteiger partial charge is 0.354 e. The first-order chi connectivity index (χ1) is 13.2. The van der Waals surface area contributed by atoms with Gasteiger partial charge in [-0.05, 0) is 64.4 Å². The van der Waals surface area contributed by atoms with Crippen LogP contribution in [0.4, 0.5) is 11.9 Å². The summed E-state index contributed by atoms with van der Waals surface area (Å²) in [4.78, 5) is 20.1. The zero-order valence-electron chi connectivity index (χ0n) is 17.2. The average Bonchev–Trinajstić information content (AvgIpc) is 2.57. The second-order valence-electron chi connectivity index (χ2n) is 6.35. The summed E-state index contributed by atoms with van der Waals surface area (Å²) in [5, 5.41) is 11.5. The van der Waals surface area contributed by atoms with Crippen LogP contribution in [0.2, 0.25) is 5.28 Å². The van der Waals surface area contributed by atoms with Gasteiger partial charge in [0, 0.05) is 18.6 Å². The van der Waals surface area contributed by atoms with E-state index >= 15 is 0 Å². The van der Waals surface area contributed by atoms with Crippen LogP contribution in [0.1, 0.15) is 41.5 Å². The van der Waals surface area contributed by atoms with Gasteiger partial charge in [-0.3, -0.25) is 10.3 Å². The third-order valence-electron chi connectivity index (χ3n) is 2.94. The summed E-state index contributed by atoms with van der Waals surface area (Å²) >= 11 is 11.4. The number of nitrogens with one attached hydrogen (secondary N) is 4. The summed E-state index contributed by atoms with van der Waals surface area (Å²) in [6.45, 7) is 13.7. The molecule has 1 aromatic rings. The summed E-state index contributed by atoms with van der Waals surface area (Å²) in [6.07, 6.45) is 1.47. The minimum atomic E-state index is -0.174. The Labute approximate surface area is 176 Å². The van der Waals surface area contributed by atoms with Crippen molar-refractivity contribution in [3.63, 3.8) is 0 Å². The van der Waals surface area contributed by atoms with Crippen molar-refractivity contribution in [1.82, 2.24) is 30.7 Å². The highest BCUT2D eigenvalue weighted by Gasteiger charge is 2.18. The van der Waals surface area contributed by atoms with Crippen LogP contribution in [0.5, 0.6) is 0 Å². The first-order valence-corrected chi connectivity index (χ1v) is 9.98. The van der Waals surface area contributed by atoms with Gasteiger partial charge >= 0.3 is 0 Å². The normalized spacial score (nSPS) is 16.0. The van der Waals surface area contributed by atoms with Crippen LogP contribution in [-0.4, -0.2) is 63.1 Å². The molecule has 158 valence electrons. The molecule has 0 radical (unpaired) electrons. The quantitative estimate of drug-likeness (QED) is 0.463. The van der Waals surface area contributed by atoms with Crippen molar-refractivity contribution in [2.45, 2.75) is 59.9 Å². The van der Waals surface area contributed by atoms with Crippen LogP contribution >= 0.6 is 23.2 Å². The van der Waals surface area contributed by atoms with Crippen LogP contribution in [0.3, 0.4) is 0 Å². The predicted octanol–water partition coefficient (Wildman–Crippen LogP) is 2.51. The Kier molecular flexibility index (Phi) is 11.0. The number of rotatable bonds is 8. The topological polar surface area (TPSA) is 115 Å². The third kappa shape index (κ3) is 9.45. The Hall–Kier alpha value is -1.75.